The van der Waals surface area contributed by atoms with Crippen molar-refractivity contribution in [2.45, 2.75) is 6.48 Å². The zero-order valence-electron chi connectivity index (χ0n) is 6.92. The maximum Gasteiger partial charge on any atom is 0.394 e. The van der Waals surface area contributed by atoms with Gasteiger partial charge in [0.2, 0.25) is 0 Å². The van der Waals surface area contributed by atoms with E-state index < -0.39 is 16.9 Å². The number of hydrogen-bond acceptors (Lipinski definition) is 5. The van der Waals surface area contributed by atoms with E-state index >= 15 is 0 Å². The highest BCUT2D eigenvalue weighted by Gasteiger charge is 1.96. The zero-order valence-corrected chi connectivity index (χ0v) is 7.74. The molecule has 0 amide bonds. The summed E-state index contributed by atoms with van der Waals surface area (Å²) in [5, 5.41) is 0. The fourth-order valence-electron chi connectivity index (χ4n) is 0.289. The third-order valence-electron chi connectivity index (χ3n) is 0.577. The van der Waals surface area contributed by atoms with Crippen molar-refractivity contribution in [1.29, 1.82) is 0 Å². The van der Waals surface area contributed by atoms with Gasteiger partial charge in [-0.1, -0.05) is 0 Å². The summed E-state index contributed by atoms with van der Waals surface area (Å²) in [6.07, 6.45) is 0. The second-order valence-electron chi connectivity index (χ2n) is 1.44. The van der Waals surface area contributed by atoms with E-state index in [1.165, 1.54) is 21.3 Å². The molecule has 0 rings (SSSR count). The first-order chi connectivity index (χ1) is 5.35. The van der Waals surface area contributed by atoms with E-state index in [9.17, 15) is 0 Å². The molecule has 0 saturated heterocycles. The van der Waals surface area contributed by atoms with Gasteiger partial charge < -0.3 is 14.2 Å². The van der Waals surface area contributed by atoms with E-state index in [2.05, 4.69) is 14.2 Å². The molecule has 7 nitrogen and oxygen atoms in total. The molecule has 0 atom stereocenters. The number of ether oxygens (including phenoxy) is 3. The zero-order chi connectivity index (χ0) is 10.2. The normalized spacial score (nSPS) is 10.8. The van der Waals surface area contributed by atoms with Crippen molar-refractivity contribution >= 4 is 10.4 Å². The lowest BCUT2D eigenvalue weighted by molar-refractivity contribution is -0.252. The molecule has 0 bridgehead atoms. The Labute approximate surface area is 70.8 Å². The van der Waals surface area contributed by atoms with Gasteiger partial charge in [-0.2, -0.15) is 8.42 Å². The van der Waals surface area contributed by atoms with Gasteiger partial charge in [-0.15, -0.1) is 0 Å². The summed E-state index contributed by atoms with van der Waals surface area (Å²) in [5.41, 5.74) is 0. The molecule has 2 N–H and O–H groups in total. The fraction of sp³-hybridized carbons (Fsp3) is 1.00. The third kappa shape index (κ3) is 22.6. The van der Waals surface area contributed by atoms with Crippen LogP contribution < -0.4 is 0 Å². The van der Waals surface area contributed by atoms with Crippen LogP contribution in [0.2, 0.25) is 0 Å². The molecule has 0 aliphatic rings. The molecule has 12 heavy (non-hydrogen) atoms. The Bertz CT molecular complexity index is 156. The summed E-state index contributed by atoms with van der Waals surface area (Å²) in [4.78, 5) is 0. The van der Waals surface area contributed by atoms with Gasteiger partial charge in [-0.05, 0) is 0 Å². The van der Waals surface area contributed by atoms with Gasteiger partial charge in [0.1, 0.15) is 0 Å². The molecule has 0 aliphatic heterocycles. The quantitative estimate of drug-likeness (QED) is 0.474. The van der Waals surface area contributed by atoms with Crippen LogP contribution >= 0.6 is 0 Å². The first-order valence-corrected chi connectivity index (χ1v) is 4.03. The molecule has 0 heterocycles. The third-order valence-corrected chi connectivity index (χ3v) is 0.577. The number of hydrogen-bond donors (Lipinski definition) is 2. The van der Waals surface area contributed by atoms with Gasteiger partial charge in [0.15, 0.2) is 0 Å². The molecule has 0 saturated carbocycles. The molecule has 0 aromatic carbocycles. The van der Waals surface area contributed by atoms with E-state index in [0.717, 1.165) is 0 Å². The highest BCUT2D eigenvalue weighted by Crippen LogP contribution is 1.87. The Hall–Kier alpha value is -0.250. The van der Waals surface area contributed by atoms with Gasteiger partial charge in [0.25, 0.3) is 6.48 Å². The van der Waals surface area contributed by atoms with Gasteiger partial charge in [0.05, 0.1) is 0 Å². The van der Waals surface area contributed by atoms with Crippen LogP contribution in [0.4, 0.5) is 0 Å². The summed E-state index contributed by atoms with van der Waals surface area (Å²) in [6.45, 7) is -0.514. The molecule has 0 spiro atoms. The summed E-state index contributed by atoms with van der Waals surface area (Å²) in [5.74, 6) is 0. The Kier molecular flexibility index (Phi) is 8.81. The van der Waals surface area contributed by atoms with Crippen LogP contribution in [0.15, 0.2) is 0 Å². The lowest BCUT2D eigenvalue weighted by atomic mass is 11.2. The standard InChI is InChI=1S/C4H10O3.H2O4S/c1-5-4(6-2)7-3;1-5(2,3)4/h4H,1-3H3;(H2,1,2,3,4). The fourth-order valence-corrected chi connectivity index (χ4v) is 0.289. The van der Waals surface area contributed by atoms with Gasteiger partial charge >= 0.3 is 10.4 Å². The van der Waals surface area contributed by atoms with Crippen molar-refractivity contribution in [3.8, 4) is 0 Å². The Morgan fingerprint density at radius 1 is 1.00 bits per heavy atom. The topological polar surface area (TPSA) is 102 Å². The second-order valence-corrected chi connectivity index (χ2v) is 2.34. The predicted octanol–water partition coefficient (Wildman–Crippen LogP) is -0.444. The van der Waals surface area contributed by atoms with Crippen LogP contribution in [-0.2, 0) is 24.6 Å². The van der Waals surface area contributed by atoms with Crippen LogP contribution in [-0.4, -0.2) is 45.3 Å². The van der Waals surface area contributed by atoms with E-state index in [0.29, 0.717) is 0 Å². The second kappa shape index (κ2) is 7.40. The molecule has 0 aromatic heterocycles. The molecule has 0 fully saturated rings. The lowest BCUT2D eigenvalue weighted by Gasteiger charge is -2.08. The summed E-state index contributed by atoms with van der Waals surface area (Å²) in [6, 6.07) is 0. The highest BCUT2D eigenvalue weighted by atomic mass is 32.3. The maximum atomic E-state index is 8.74. The van der Waals surface area contributed by atoms with Crippen molar-refractivity contribution in [1.82, 2.24) is 0 Å². The highest BCUT2D eigenvalue weighted by molar-refractivity contribution is 7.79. The molecule has 76 valence electrons. The van der Waals surface area contributed by atoms with Crippen molar-refractivity contribution in [3.63, 3.8) is 0 Å². The van der Waals surface area contributed by atoms with Gasteiger partial charge in [-0.3, -0.25) is 9.11 Å². The molecule has 8 heteroatoms. The minimum absolute atomic E-state index is 0.514. The number of rotatable bonds is 3. The SMILES string of the molecule is COC(OC)OC.O=S(=O)(O)O. The monoisotopic (exact) mass is 204 g/mol. The van der Waals surface area contributed by atoms with Crippen molar-refractivity contribution in [2.24, 2.45) is 0 Å². The average Bonchev–Trinajstić information content (AvgIpc) is 1.88. The summed E-state index contributed by atoms with van der Waals surface area (Å²) < 4.78 is 45.4. The minimum Gasteiger partial charge on any atom is -0.333 e. The van der Waals surface area contributed by atoms with Gasteiger partial charge in [-0.25, -0.2) is 0 Å². The molecule has 0 radical (unpaired) electrons. The van der Waals surface area contributed by atoms with E-state index in [-0.39, 0.29) is 0 Å². The Morgan fingerprint density at radius 2 is 1.17 bits per heavy atom. The predicted molar refractivity (Wildman–Crippen MR) is 39.0 cm³/mol. The largest absolute Gasteiger partial charge is 0.394 e. The van der Waals surface area contributed by atoms with Gasteiger partial charge in [0, 0.05) is 21.3 Å². The average molecular weight is 204 g/mol. The van der Waals surface area contributed by atoms with Crippen LogP contribution in [0.3, 0.4) is 0 Å². The maximum absolute atomic E-state index is 8.74. The van der Waals surface area contributed by atoms with E-state index in [4.69, 9.17) is 17.5 Å². The van der Waals surface area contributed by atoms with Crippen LogP contribution in [0.1, 0.15) is 0 Å². The van der Waals surface area contributed by atoms with Crippen LogP contribution in [0.5, 0.6) is 0 Å². The molecule has 0 unspecified atom stereocenters. The van der Waals surface area contributed by atoms with E-state index in [1.807, 2.05) is 0 Å². The molecule has 0 aromatic rings. The Morgan fingerprint density at radius 3 is 1.17 bits per heavy atom. The summed E-state index contributed by atoms with van der Waals surface area (Å²) >= 11 is 0. The van der Waals surface area contributed by atoms with E-state index in [1.54, 1.807) is 0 Å². The lowest BCUT2D eigenvalue weighted by Crippen LogP contribution is -2.14. The first kappa shape index (κ1) is 14.3. The Balaban J connectivity index is 0. The van der Waals surface area contributed by atoms with Crippen LogP contribution in [0, 0.1) is 0 Å². The van der Waals surface area contributed by atoms with Crippen molar-refractivity contribution in [3.05, 3.63) is 0 Å². The molecule has 0 aliphatic carbocycles. The molecular weight excluding hydrogens is 192 g/mol. The van der Waals surface area contributed by atoms with Crippen molar-refractivity contribution in [2.75, 3.05) is 21.3 Å². The minimum atomic E-state index is -4.67. The molecular formula is C4H12O7S. The smallest absolute Gasteiger partial charge is 0.333 e. The number of methoxy groups -OCH3 is 3. The first-order valence-electron chi connectivity index (χ1n) is 2.63. The van der Waals surface area contributed by atoms with Crippen LogP contribution in [0.25, 0.3) is 0 Å². The summed E-state index contributed by atoms with van der Waals surface area (Å²) in [7, 11) is -0.132. The van der Waals surface area contributed by atoms with Crippen molar-refractivity contribution < 1.29 is 31.7 Å².